The van der Waals surface area contributed by atoms with Crippen LogP contribution >= 0.6 is 0 Å². The molecule has 34 heavy (non-hydrogen) atoms. The molecule has 4 rings (SSSR count). The zero-order chi connectivity index (χ0) is 24.1. The minimum Gasteiger partial charge on any atom is -0.497 e. The van der Waals surface area contributed by atoms with Gasteiger partial charge in [-0.25, -0.2) is 0 Å². The van der Waals surface area contributed by atoms with E-state index in [1.165, 1.54) is 12.1 Å². The molecule has 1 heterocycles. The molecule has 3 aromatic rings. The van der Waals surface area contributed by atoms with Crippen molar-refractivity contribution < 1.29 is 22.1 Å². The van der Waals surface area contributed by atoms with E-state index < -0.39 is 10.1 Å². The minimum absolute atomic E-state index is 0.106. The molecule has 0 aliphatic carbocycles. The number of carbonyl (C=O) groups is 1. The standard InChI is InChI=1S/C26H28N2O5S/c1-20-3-13-25(14-4-20)34(30,31)33-24-11-7-22(8-12-24)27-15-17-28(18-16-27)26(29)19-21-5-9-23(32-2)10-6-21/h3-14H,15-19H2,1-2H3. The van der Waals surface area contributed by atoms with Crippen molar-refractivity contribution in [2.75, 3.05) is 38.2 Å². The van der Waals surface area contributed by atoms with E-state index in [-0.39, 0.29) is 16.6 Å². The summed E-state index contributed by atoms with van der Waals surface area (Å²) >= 11 is 0. The Morgan fingerprint density at radius 3 is 2.00 bits per heavy atom. The van der Waals surface area contributed by atoms with Gasteiger partial charge in [0.15, 0.2) is 0 Å². The molecular weight excluding hydrogens is 452 g/mol. The highest BCUT2D eigenvalue weighted by atomic mass is 32.2. The van der Waals surface area contributed by atoms with E-state index in [9.17, 15) is 13.2 Å². The third kappa shape index (κ3) is 5.69. The van der Waals surface area contributed by atoms with Crippen molar-refractivity contribution >= 4 is 21.7 Å². The maximum absolute atomic E-state index is 12.7. The second-order valence-electron chi connectivity index (χ2n) is 8.24. The lowest BCUT2D eigenvalue weighted by atomic mass is 10.1. The van der Waals surface area contributed by atoms with E-state index in [1.54, 1.807) is 31.4 Å². The van der Waals surface area contributed by atoms with Crippen LogP contribution in [0.3, 0.4) is 0 Å². The molecule has 0 saturated carbocycles. The molecule has 0 aromatic heterocycles. The summed E-state index contributed by atoms with van der Waals surface area (Å²) in [6.07, 6.45) is 0.367. The average molecular weight is 481 g/mol. The lowest BCUT2D eigenvalue weighted by Crippen LogP contribution is -2.49. The van der Waals surface area contributed by atoms with Gasteiger partial charge in [-0.05, 0) is 61.0 Å². The highest BCUT2D eigenvalue weighted by Crippen LogP contribution is 2.24. The molecule has 0 atom stereocenters. The number of ether oxygens (including phenoxy) is 1. The SMILES string of the molecule is COc1ccc(CC(=O)N2CCN(c3ccc(OS(=O)(=O)c4ccc(C)cc4)cc3)CC2)cc1. The number of methoxy groups -OCH3 is 1. The fraction of sp³-hybridized carbons (Fsp3) is 0.269. The lowest BCUT2D eigenvalue weighted by Gasteiger charge is -2.36. The minimum atomic E-state index is -3.88. The maximum atomic E-state index is 12.7. The first-order valence-corrected chi connectivity index (χ1v) is 12.5. The van der Waals surface area contributed by atoms with E-state index in [4.69, 9.17) is 8.92 Å². The monoisotopic (exact) mass is 480 g/mol. The molecule has 0 N–H and O–H groups in total. The summed E-state index contributed by atoms with van der Waals surface area (Å²) < 4.78 is 35.4. The predicted octanol–water partition coefficient (Wildman–Crippen LogP) is 3.66. The first kappa shape index (κ1) is 23.6. The molecule has 178 valence electrons. The predicted molar refractivity (Wildman–Crippen MR) is 131 cm³/mol. The molecule has 0 bridgehead atoms. The van der Waals surface area contributed by atoms with Crippen LogP contribution in [0.5, 0.6) is 11.5 Å². The van der Waals surface area contributed by atoms with Crippen LogP contribution in [0.2, 0.25) is 0 Å². The van der Waals surface area contributed by atoms with Gasteiger partial charge in [0.05, 0.1) is 13.5 Å². The normalized spacial score (nSPS) is 14.1. The lowest BCUT2D eigenvalue weighted by molar-refractivity contribution is -0.130. The van der Waals surface area contributed by atoms with Crippen LogP contribution in [-0.2, 0) is 21.3 Å². The Bertz CT molecular complexity index is 1220. The summed E-state index contributed by atoms with van der Waals surface area (Å²) in [4.78, 5) is 16.9. The molecule has 0 spiro atoms. The molecule has 0 unspecified atom stereocenters. The van der Waals surface area contributed by atoms with Crippen LogP contribution in [0.1, 0.15) is 11.1 Å². The Hall–Kier alpha value is -3.52. The molecule has 1 saturated heterocycles. The first-order valence-electron chi connectivity index (χ1n) is 11.1. The van der Waals surface area contributed by atoms with Gasteiger partial charge >= 0.3 is 10.1 Å². The van der Waals surface area contributed by atoms with Gasteiger partial charge < -0.3 is 18.7 Å². The van der Waals surface area contributed by atoms with Gasteiger partial charge in [0, 0.05) is 31.9 Å². The topological polar surface area (TPSA) is 76.2 Å². The van der Waals surface area contributed by atoms with Crippen molar-refractivity contribution in [3.05, 3.63) is 83.9 Å². The quantitative estimate of drug-likeness (QED) is 0.481. The number of hydrogen-bond acceptors (Lipinski definition) is 6. The number of carbonyl (C=O) groups excluding carboxylic acids is 1. The molecule has 7 nitrogen and oxygen atoms in total. The van der Waals surface area contributed by atoms with Crippen molar-refractivity contribution in [3.8, 4) is 11.5 Å². The number of benzene rings is 3. The fourth-order valence-electron chi connectivity index (χ4n) is 3.84. The zero-order valence-electron chi connectivity index (χ0n) is 19.3. The van der Waals surface area contributed by atoms with Crippen LogP contribution in [-0.4, -0.2) is 52.5 Å². The summed E-state index contributed by atoms with van der Waals surface area (Å²) in [5.74, 6) is 1.14. The molecule has 1 aliphatic heterocycles. The summed E-state index contributed by atoms with van der Waals surface area (Å²) in [7, 11) is -2.26. The molecule has 0 radical (unpaired) electrons. The van der Waals surface area contributed by atoms with Gasteiger partial charge in [-0.1, -0.05) is 29.8 Å². The summed E-state index contributed by atoms with van der Waals surface area (Å²) in [5.41, 5.74) is 2.90. The van der Waals surface area contributed by atoms with Gasteiger partial charge in [0.2, 0.25) is 5.91 Å². The Labute approximate surface area is 200 Å². The van der Waals surface area contributed by atoms with Gasteiger partial charge in [-0.2, -0.15) is 8.42 Å². The van der Waals surface area contributed by atoms with E-state index in [2.05, 4.69) is 4.90 Å². The fourth-order valence-corrected chi connectivity index (χ4v) is 4.77. The van der Waals surface area contributed by atoms with Crippen molar-refractivity contribution in [2.24, 2.45) is 0 Å². The second-order valence-corrected chi connectivity index (χ2v) is 9.78. The van der Waals surface area contributed by atoms with Crippen LogP contribution in [0.15, 0.2) is 77.7 Å². The summed E-state index contributed by atoms with van der Waals surface area (Å²) in [5, 5.41) is 0. The Balaban J connectivity index is 1.31. The first-order chi connectivity index (χ1) is 16.3. The van der Waals surface area contributed by atoms with Crippen LogP contribution in [0.4, 0.5) is 5.69 Å². The van der Waals surface area contributed by atoms with Gasteiger partial charge in [0.25, 0.3) is 0 Å². The van der Waals surface area contributed by atoms with E-state index in [1.807, 2.05) is 48.2 Å². The summed E-state index contributed by atoms with van der Waals surface area (Å²) in [6, 6.07) is 21.1. The second kappa shape index (κ2) is 10.2. The van der Waals surface area contributed by atoms with Crippen LogP contribution in [0, 0.1) is 6.92 Å². The highest BCUT2D eigenvalue weighted by Gasteiger charge is 2.22. The number of nitrogens with zero attached hydrogens (tertiary/aromatic N) is 2. The third-order valence-electron chi connectivity index (χ3n) is 5.86. The zero-order valence-corrected chi connectivity index (χ0v) is 20.1. The van der Waals surface area contributed by atoms with Crippen molar-refractivity contribution in [3.63, 3.8) is 0 Å². The van der Waals surface area contributed by atoms with Crippen LogP contribution < -0.4 is 13.8 Å². The van der Waals surface area contributed by atoms with E-state index >= 15 is 0 Å². The Morgan fingerprint density at radius 2 is 1.41 bits per heavy atom. The van der Waals surface area contributed by atoms with Gasteiger partial charge in [0.1, 0.15) is 16.4 Å². The maximum Gasteiger partial charge on any atom is 0.339 e. The number of rotatable bonds is 7. The van der Waals surface area contributed by atoms with Crippen molar-refractivity contribution in [1.29, 1.82) is 0 Å². The largest absolute Gasteiger partial charge is 0.497 e. The molecule has 1 aliphatic rings. The van der Waals surface area contributed by atoms with Gasteiger partial charge in [-0.3, -0.25) is 4.79 Å². The molecule has 1 fully saturated rings. The van der Waals surface area contributed by atoms with Gasteiger partial charge in [-0.15, -0.1) is 0 Å². The molecule has 1 amide bonds. The average Bonchev–Trinajstić information content (AvgIpc) is 2.85. The number of aryl methyl sites for hydroxylation is 1. The summed E-state index contributed by atoms with van der Waals surface area (Å²) in [6.45, 7) is 4.57. The van der Waals surface area contributed by atoms with Crippen molar-refractivity contribution in [2.45, 2.75) is 18.2 Å². The van der Waals surface area contributed by atoms with E-state index in [0.717, 1.165) is 22.6 Å². The number of piperazine rings is 1. The highest BCUT2D eigenvalue weighted by molar-refractivity contribution is 7.87. The number of amides is 1. The smallest absolute Gasteiger partial charge is 0.339 e. The molecule has 8 heteroatoms. The third-order valence-corrected chi connectivity index (χ3v) is 7.13. The Morgan fingerprint density at radius 1 is 0.824 bits per heavy atom. The number of anilines is 1. The number of hydrogen-bond donors (Lipinski definition) is 0. The molecular formula is C26H28N2O5S. The van der Waals surface area contributed by atoms with Crippen molar-refractivity contribution in [1.82, 2.24) is 4.90 Å². The van der Waals surface area contributed by atoms with Crippen LogP contribution in [0.25, 0.3) is 0 Å². The molecule has 3 aromatic carbocycles. The Kier molecular flexibility index (Phi) is 7.07. The van der Waals surface area contributed by atoms with E-state index in [0.29, 0.717) is 32.6 Å².